The van der Waals surface area contributed by atoms with Gasteiger partial charge in [0.05, 0.1) is 0 Å². The van der Waals surface area contributed by atoms with E-state index in [9.17, 15) is 22.0 Å². The summed E-state index contributed by atoms with van der Waals surface area (Å²) >= 11 is 0. The summed E-state index contributed by atoms with van der Waals surface area (Å²) in [5, 5.41) is -3.17. The molecule has 0 aliphatic heterocycles. The summed E-state index contributed by atoms with van der Waals surface area (Å²) in [6.45, 7) is 1.70. The van der Waals surface area contributed by atoms with E-state index in [-0.39, 0.29) is 0 Å². The molecule has 1 unspecified atom stereocenters. The summed E-state index contributed by atoms with van der Waals surface area (Å²) in [6, 6.07) is 0. The van der Waals surface area contributed by atoms with Crippen molar-refractivity contribution in [3.8, 4) is 0 Å². The van der Waals surface area contributed by atoms with Crippen LogP contribution in [0, 0.1) is 0 Å². The maximum atomic E-state index is 13.0. The van der Waals surface area contributed by atoms with Gasteiger partial charge in [-0.15, -0.1) is 0 Å². The van der Waals surface area contributed by atoms with Crippen LogP contribution in [0.1, 0.15) is 6.92 Å². The predicted molar refractivity (Wildman–Crippen MR) is 42.3 cm³/mol. The molecule has 14 heavy (non-hydrogen) atoms. The maximum Gasteiger partial charge on any atom is 0.366 e. The van der Waals surface area contributed by atoms with E-state index in [1.807, 2.05) is 0 Å². The third kappa shape index (κ3) is 3.38. The van der Waals surface area contributed by atoms with Crippen LogP contribution in [0.3, 0.4) is 0 Å². The van der Waals surface area contributed by atoms with Crippen molar-refractivity contribution in [3.05, 3.63) is 12.4 Å². The van der Waals surface area contributed by atoms with E-state index in [0.717, 1.165) is 0 Å². The quantitative estimate of drug-likeness (QED) is 0.434. The molecule has 0 amide bonds. The van der Waals surface area contributed by atoms with E-state index >= 15 is 0 Å². The van der Waals surface area contributed by atoms with E-state index in [0.29, 0.717) is 6.92 Å². The summed E-state index contributed by atoms with van der Waals surface area (Å²) in [5.74, 6) is -3.08. The van der Waals surface area contributed by atoms with Gasteiger partial charge in [0.25, 0.3) is 5.00 Å². The second kappa shape index (κ2) is 4.01. The molecule has 5 nitrogen and oxygen atoms in total. The van der Waals surface area contributed by atoms with Crippen LogP contribution in [0.15, 0.2) is 12.4 Å². The molecule has 0 aliphatic carbocycles. The Morgan fingerprint density at radius 3 is 2.36 bits per heavy atom. The lowest BCUT2D eigenvalue weighted by molar-refractivity contribution is -0.142. The zero-order chi connectivity index (χ0) is 11.6. The smallest absolute Gasteiger partial charge is 0.366 e. The van der Waals surface area contributed by atoms with Crippen molar-refractivity contribution in [1.29, 1.82) is 0 Å². The number of halogens is 2. The molecule has 82 valence electrons. The minimum Gasteiger partial charge on any atom is -0.456 e. The second-order valence-corrected chi connectivity index (χ2v) is 4.36. The van der Waals surface area contributed by atoms with Crippen molar-refractivity contribution >= 4 is 16.1 Å². The van der Waals surface area contributed by atoms with Gasteiger partial charge >= 0.3 is 16.1 Å². The molecule has 0 heterocycles. The molecule has 0 aromatic rings. The fourth-order valence-electron chi connectivity index (χ4n) is 0.347. The van der Waals surface area contributed by atoms with Gasteiger partial charge in [-0.1, -0.05) is 6.58 Å². The summed E-state index contributed by atoms with van der Waals surface area (Å²) < 4.78 is 57.7. The third-order valence-electron chi connectivity index (χ3n) is 1.22. The van der Waals surface area contributed by atoms with Crippen LogP contribution in [0.25, 0.3) is 0 Å². The van der Waals surface area contributed by atoms with E-state index in [1.165, 1.54) is 0 Å². The Hall–Kier alpha value is -1.02. The lowest BCUT2D eigenvalue weighted by Crippen LogP contribution is -2.36. The molecule has 0 fully saturated rings. The van der Waals surface area contributed by atoms with Gasteiger partial charge in [0, 0.05) is 0 Å². The number of alkyl halides is 1. The first-order valence-electron chi connectivity index (χ1n) is 3.25. The first-order chi connectivity index (χ1) is 6.08. The Morgan fingerprint density at radius 2 is 2.07 bits per heavy atom. The van der Waals surface area contributed by atoms with Gasteiger partial charge in [0.1, 0.15) is 6.61 Å². The normalized spacial score (nSPS) is 15.7. The van der Waals surface area contributed by atoms with Crippen molar-refractivity contribution < 1.29 is 31.3 Å². The van der Waals surface area contributed by atoms with Gasteiger partial charge in [0.15, 0.2) is 0 Å². The topological polar surface area (TPSA) is 80.7 Å². The van der Waals surface area contributed by atoms with Crippen LogP contribution in [-0.2, 0) is 19.6 Å². The summed E-state index contributed by atoms with van der Waals surface area (Å²) in [7, 11) is -5.02. The number of esters is 1. The fraction of sp³-hybridized carbons (Fsp3) is 0.500. The highest BCUT2D eigenvalue weighted by Gasteiger charge is 2.40. The Bertz CT molecular complexity index is 345. The van der Waals surface area contributed by atoms with Crippen LogP contribution in [-0.4, -0.2) is 30.5 Å². The zero-order valence-corrected chi connectivity index (χ0v) is 7.98. The first kappa shape index (κ1) is 13.0. The van der Waals surface area contributed by atoms with Gasteiger partial charge in [-0.25, -0.2) is 9.18 Å². The Balaban J connectivity index is 4.42. The number of hydrogen-bond acceptors (Lipinski definition) is 4. The molecule has 0 aromatic carbocycles. The lowest BCUT2D eigenvalue weighted by atomic mass is 10.4. The largest absolute Gasteiger partial charge is 0.456 e. The lowest BCUT2D eigenvalue weighted by Gasteiger charge is -2.15. The number of carbonyl (C=O) groups excluding carboxylic acids is 1. The molecule has 0 saturated carbocycles. The molecule has 1 atom stereocenters. The van der Waals surface area contributed by atoms with Crippen LogP contribution < -0.4 is 0 Å². The predicted octanol–water partition coefficient (Wildman–Crippen LogP) is 0.586. The third-order valence-corrected chi connectivity index (χ3v) is 2.41. The minimum atomic E-state index is -5.02. The van der Waals surface area contributed by atoms with Gasteiger partial charge in [-0.3, -0.25) is 4.55 Å². The fourth-order valence-corrected chi connectivity index (χ4v) is 0.555. The molecule has 0 saturated heterocycles. The minimum absolute atomic E-state index is 0.469. The SMILES string of the molecule is C=C(F)C(=O)OCC(C)(F)S(=O)(=O)O. The van der Waals surface area contributed by atoms with Crippen LogP contribution in [0.5, 0.6) is 0 Å². The molecule has 0 bridgehead atoms. The Morgan fingerprint density at radius 1 is 1.64 bits per heavy atom. The number of carbonyl (C=O) groups is 1. The van der Waals surface area contributed by atoms with Crippen molar-refractivity contribution in [3.63, 3.8) is 0 Å². The average molecular weight is 230 g/mol. The van der Waals surface area contributed by atoms with Crippen molar-refractivity contribution in [1.82, 2.24) is 0 Å². The van der Waals surface area contributed by atoms with Crippen molar-refractivity contribution in [2.75, 3.05) is 6.61 Å². The van der Waals surface area contributed by atoms with Crippen molar-refractivity contribution in [2.45, 2.75) is 11.9 Å². The molecule has 0 aliphatic rings. The number of rotatable bonds is 4. The number of ether oxygens (including phenoxy) is 1. The average Bonchev–Trinajstić information content (AvgIpc) is 1.97. The molecular weight excluding hydrogens is 222 g/mol. The molecule has 8 heteroatoms. The standard InChI is InChI=1S/C6H8F2O5S/c1-4(7)5(9)13-3-6(2,8)14(10,11)12/h1,3H2,2H3,(H,10,11,12). The molecule has 0 spiro atoms. The Labute approximate surface area is 79.1 Å². The summed E-state index contributed by atoms with van der Waals surface area (Å²) in [5.41, 5.74) is 0. The van der Waals surface area contributed by atoms with Crippen LogP contribution >= 0.6 is 0 Å². The van der Waals surface area contributed by atoms with Gasteiger partial charge in [0.2, 0.25) is 5.83 Å². The monoisotopic (exact) mass is 230 g/mol. The van der Waals surface area contributed by atoms with Crippen LogP contribution in [0.2, 0.25) is 0 Å². The maximum absolute atomic E-state index is 13.0. The molecule has 0 radical (unpaired) electrons. The van der Waals surface area contributed by atoms with E-state index < -0.39 is 33.5 Å². The Kier molecular flexibility index (Phi) is 3.72. The van der Waals surface area contributed by atoms with E-state index in [1.54, 1.807) is 0 Å². The molecular formula is C6H8F2O5S. The zero-order valence-electron chi connectivity index (χ0n) is 7.16. The van der Waals surface area contributed by atoms with Gasteiger partial charge in [-0.05, 0) is 6.92 Å². The van der Waals surface area contributed by atoms with E-state index in [4.69, 9.17) is 4.55 Å². The summed E-state index contributed by atoms with van der Waals surface area (Å²) in [6.07, 6.45) is 0. The first-order valence-corrected chi connectivity index (χ1v) is 4.69. The van der Waals surface area contributed by atoms with E-state index in [2.05, 4.69) is 11.3 Å². The van der Waals surface area contributed by atoms with Gasteiger partial charge in [-0.2, -0.15) is 12.8 Å². The highest BCUT2D eigenvalue weighted by Crippen LogP contribution is 2.18. The summed E-state index contributed by atoms with van der Waals surface area (Å²) in [4.78, 5) is 10.4. The van der Waals surface area contributed by atoms with Crippen LogP contribution in [0.4, 0.5) is 8.78 Å². The molecule has 0 rings (SSSR count). The highest BCUT2D eigenvalue weighted by molar-refractivity contribution is 7.87. The second-order valence-electron chi connectivity index (χ2n) is 2.56. The van der Waals surface area contributed by atoms with Crippen molar-refractivity contribution in [2.24, 2.45) is 0 Å². The highest BCUT2D eigenvalue weighted by atomic mass is 32.2. The number of hydrogen-bond donors (Lipinski definition) is 1. The molecule has 1 N–H and O–H groups in total. The molecule has 0 aromatic heterocycles. The van der Waals surface area contributed by atoms with Gasteiger partial charge < -0.3 is 4.74 Å².